The minimum atomic E-state index is -1.04. The fourth-order valence-electron chi connectivity index (χ4n) is 6.26. The van der Waals surface area contributed by atoms with Crippen molar-refractivity contribution in [3.63, 3.8) is 0 Å². The third kappa shape index (κ3) is 7.02. The topological polar surface area (TPSA) is 155 Å². The molecule has 0 amide bonds. The molecule has 252 valence electrons. The van der Waals surface area contributed by atoms with E-state index in [9.17, 15) is 14.4 Å². The zero-order chi connectivity index (χ0) is 34.5. The van der Waals surface area contributed by atoms with Gasteiger partial charge in [-0.3, -0.25) is 19.2 Å². The van der Waals surface area contributed by atoms with Gasteiger partial charge in [0.1, 0.15) is 12.7 Å². The number of rotatable bonds is 11. The van der Waals surface area contributed by atoms with Crippen LogP contribution in [0.2, 0.25) is 0 Å². The van der Waals surface area contributed by atoms with Gasteiger partial charge >= 0.3 is 11.9 Å². The summed E-state index contributed by atoms with van der Waals surface area (Å²) in [5.74, 6) is -1.22. The van der Waals surface area contributed by atoms with E-state index in [-0.39, 0.29) is 23.7 Å². The van der Waals surface area contributed by atoms with Crippen molar-refractivity contribution in [1.82, 2.24) is 24.4 Å². The standard InChI is InChI=1S/C38H34N6O6/c39-38-41-33-30(34(45)42-38)40-24-44(33)35-32(50-37(47)28-19-11-4-12-20-28)31(29(49-35)23-48-36(46)27-17-9-3-10-18-27)43(21-25-13-5-1-6-14-25)22-26-15-7-2-8-16-26/h1-20,24,29,31-32,35H,21-23H2,(H3,39,41,42,45)/t29-,31?,32?,35-/m1/s1. The van der Waals surface area contributed by atoms with Crippen LogP contribution in [-0.2, 0) is 27.3 Å². The summed E-state index contributed by atoms with van der Waals surface area (Å²) in [5, 5.41) is 0. The lowest BCUT2D eigenvalue weighted by molar-refractivity contribution is -0.0598. The van der Waals surface area contributed by atoms with Crippen LogP contribution >= 0.6 is 0 Å². The molecule has 0 spiro atoms. The van der Waals surface area contributed by atoms with Crippen molar-refractivity contribution < 1.29 is 23.8 Å². The number of ether oxygens (including phenoxy) is 3. The molecular formula is C38H34N6O6. The van der Waals surface area contributed by atoms with E-state index in [1.165, 1.54) is 6.33 Å². The second-order valence-corrected chi connectivity index (χ2v) is 11.9. The molecule has 6 aromatic rings. The van der Waals surface area contributed by atoms with Crippen LogP contribution in [0.3, 0.4) is 0 Å². The number of aromatic nitrogens is 4. The number of carbonyl (C=O) groups excluding carboxylic acids is 2. The monoisotopic (exact) mass is 670 g/mol. The number of anilines is 1. The van der Waals surface area contributed by atoms with E-state index in [2.05, 4.69) is 19.9 Å². The first-order chi connectivity index (χ1) is 24.4. The van der Waals surface area contributed by atoms with Crippen molar-refractivity contribution in [2.75, 3.05) is 12.3 Å². The van der Waals surface area contributed by atoms with Gasteiger partial charge in [0.2, 0.25) is 5.95 Å². The number of aromatic amines is 1. The fourth-order valence-corrected chi connectivity index (χ4v) is 6.26. The maximum atomic E-state index is 13.8. The molecule has 1 saturated heterocycles. The lowest BCUT2D eigenvalue weighted by Gasteiger charge is -2.35. The lowest BCUT2D eigenvalue weighted by atomic mass is 10.0. The van der Waals surface area contributed by atoms with Gasteiger partial charge in [0.25, 0.3) is 5.56 Å². The van der Waals surface area contributed by atoms with Crippen molar-refractivity contribution >= 4 is 29.1 Å². The highest BCUT2D eigenvalue weighted by Crippen LogP contribution is 2.38. The Labute approximate surface area is 287 Å². The van der Waals surface area contributed by atoms with Gasteiger partial charge in [-0.1, -0.05) is 97.1 Å². The maximum absolute atomic E-state index is 13.8. The van der Waals surface area contributed by atoms with E-state index in [1.54, 1.807) is 53.1 Å². The number of nitrogens with two attached hydrogens (primary N) is 1. The Balaban J connectivity index is 1.34. The van der Waals surface area contributed by atoms with Gasteiger partial charge in [-0.15, -0.1) is 0 Å². The van der Waals surface area contributed by atoms with Crippen LogP contribution in [0.4, 0.5) is 5.95 Å². The summed E-state index contributed by atoms with van der Waals surface area (Å²) in [7, 11) is 0. The Hall–Kier alpha value is -6.11. The number of hydrogen-bond acceptors (Lipinski definition) is 10. The van der Waals surface area contributed by atoms with E-state index in [0.29, 0.717) is 24.2 Å². The molecule has 2 aromatic heterocycles. The second kappa shape index (κ2) is 14.6. The van der Waals surface area contributed by atoms with Crippen molar-refractivity contribution in [3.05, 3.63) is 160 Å². The van der Waals surface area contributed by atoms with Crippen molar-refractivity contribution in [2.24, 2.45) is 0 Å². The number of hydrogen-bond donors (Lipinski definition) is 2. The maximum Gasteiger partial charge on any atom is 0.338 e. The van der Waals surface area contributed by atoms with E-state index < -0.39 is 42.0 Å². The average Bonchev–Trinajstić information content (AvgIpc) is 3.73. The molecule has 1 aliphatic heterocycles. The number of benzene rings is 4. The molecule has 3 heterocycles. The molecular weight excluding hydrogens is 636 g/mol. The highest BCUT2D eigenvalue weighted by Gasteiger charge is 2.52. The predicted octanol–water partition coefficient (Wildman–Crippen LogP) is 4.75. The molecule has 0 radical (unpaired) electrons. The van der Waals surface area contributed by atoms with Gasteiger partial charge in [-0.2, -0.15) is 4.98 Å². The zero-order valence-corrected chi connectivity index (χ0v) is 26.9. The molecule has 0 saturated carbocycles. The van der Waals surface area contributed by atoms with Gasteiger partial charge in [0.15, 0.2) is 23.5 Å². The largest absolute Gasteiger partial charge is 0.459 e. The smallest absolute Gasteiger partial charge is 0.338 e. The lowest BCUT2D eigenvalue weighted by Crippen LogP contribution is -2.49. The van der Waals surface area contributed by atoms with Crippen LogP contribution in [0.5, 0.6) is 0 Å². The number of carbonyl (C=O) groups is 2. The molecule has 7 rings (SSSR count). The molecule has 12 heteroatoms. The van der Waals surface area contributed by atoms with Gasteiger partial charge in [-0.05, 0) is 35.4 Å². The predicted molar refractivity (Wildman–Crippen MR) is 185 cm³/mol. The number of H-pyrrole nitrogens is 1. The summed E-state index contributed by atoms with van der Waals surface area (Å²) in [4.78, 5) is 53.1. The SMILES string of the molecule is Nc1nc2c(ncn2[C@@H]2O[C@H](COC(=O)c3ccccc3)C(N(Cc3ccccc3)Cc3ccccc3)C2OC(=O)c2ccccc2)c(=O)[nH]1. The van der Waals surface area contributed by atoms with Gasteiger partial charge in [0, 0.05) is 13.1 Å². The highest BCUT2D eigenvalue weighted by molar-refractivity contribution is 5.90. The minimum absolute atomic E-state index is 0.0388. The van der Waals surface area contributed by atoms with Gasteiger partial charge < -0.3 is 19.9 Å². The zero-order valence-electron chi connectivity index (χ0n) is 26.9. The third-order valence-electron chi connectivity index (χ3n) is 8.56. The summed E-state index contributed by atoms with van der Waals surface area (Å²) in [5.41, 5.74) is 8.36. The fraction of sp³-hybridized carbons (Fsp3) is 0.184. The Morgan fingerprint density at radius 3 is 1.92 bits per heavy atom. The Bertz CT molecular complexity index is 2080. The second-order valence-electron chi connectivity index (χ2n) is 11.9. The summed E-state index contributed by atoms with van der Waals surface area (Å²) < 4.78 is 20.5. The number of nitrogens with one attached hydrogen (secondary N) is 1. The molecule has 0 bridgehead atoms. The molecule has 1 fully saturated rings. The summed E-state index contributed by atoms with van der Waals surface area (Å²) >= 11 is 0. The number of nitrogens with zero attached hydrogens (tertiary/aromatic N) is 4. The molecule has 50 heavy (non-hydrogen) atoms. The summed E-state index contributed by atoms with van der Waals surface area (Å²) in [6.07, 6.45) is -1.45. The van der Waals surface area contributed by atoms with Crippen LogP contribution in [-0.4, -0.2) is 61.2 Å². The molecule has 3 N–H and O–H groups in total. The highest BCUT2D eigenvalue weighted by atomic mass is 16.6. The van der Waals surface area contributed by atoms with Crippen LogP contribution < -0.4 is 11.3 Å². The summed E-state index contributed by atoms with van der Waals surface area (Å²) in [6.45, 7) is 0.709. The van der Waals surface area contributed by atoms with Crippen molar-refractivity contribution in [2.45, 2.75) is 37.6 Å². The van der Waals surface area contributed by atoms with Crippen LogP contribution in [0, 0.1) is 0 Å². The Morgan fingerprint density at radius 2 is 1.34 bits per heavy atom. The van der Waals surface area contributed by atoms with Gasteiger partial charge in [0.05, 0.1) is 23.5 Å². The molecule has 12 nitrogen and oxygen atoms in total. The van der Waals surface area contributed by atoms with Crippen LogP contribution in [0.25, 0.3) is 11.2 Å². The molecule has 1 aliphatic rings. The van der Waals surface area contributed by atoms with Crippen molar-refractivity contribution in [1.29, 1.82) is 0 Å². The van der Waals surface area contributed by atoms with E-state index in [0.717, 1.165) is 11.1 Å². The number of nitrogen functional groups attached to an aromatic ring is 1. The van der Waals surface area contributed by atoms with E-state index in [4.69, 9.17) is 19.9 Å². The molecule has 0 aliphatic carbocycles. The van der Waals surface area contributed by atoms with E-state index >= 15 is 0 Å². The molecule has 4 atom stereocenters. The summed E-state index contributed by atoms with van der Waals surface area (Å²) in [6, 6.07) is 36.4. The Morgan fingerprint density at radius 1 is 0.800 bits per heavy atom. The van der Waals surface area contributed by atoms with Crippen LogP contribution in [0.1, 0.15) is 38.1 Å². The minimum Gasteiger partial charge on any atom is -0.459 e. The van der Waals surface area contributed by atoms with Crippen molar-refractivity contribution in [3.8, 4) is 0 Å². The first-order valence-corrected chi connectivity index (χ1v) is 16.1. The first kappa shape index (κ1) is 32.4. The van der Waals surface area contributed by atoms with E-state index in [1.807, 2.05) is 72.8 Å². The first-order valence-electron chi connectivity index (χ1n) is 16.1. The number of esters is 2. The van der Waals surface area contributed by atoms with Crippen LogP contribution in [0.15, 0.2) is 132 Å². The molecule has 2 unspecified atom stereocenters. The average molecular weight is 671 g/mol. The Kier molecular flexibility index (Phi) is 9.45. The number of fused-ring (bicyclic) bond motifs is 1. The number of imidazole rings is 1. The quantitative estimate of drug-likeness (QED) is 0.185. The normalized spacial score (nSPS) is 18.7. The third-order valence-corrected chi connectivity index (χ3v) is 8.56. The van der Waals surface area contributed by atoms with Gasteiger partial charge in [-0.25, -0.2) is 14.6 Å². The molecule has 4 aromatic carbocycles.